The number of nitrogens with two attached hydrogens (primary N) is 1. The summed E-state index contributed by atoms with van der Waals surface area (Å²) in [7, 11) is 0. The summed E-state index contributed by atoms with van der Waals surface area (Å²) in [6.07, 6.45) is 4.61. The van der Waals surface area contributed by atoms with Gasteiger partial charge in [0.1, 0.15) is 0 Å². The minimum Gasteiger partial charge on any atom is -0.328 e. The van der Waals surface area contributed by atoms with Crippen molar-refractivity contribution in [1.29, 1.82) is 0 Å². The molecule has 0 aromatic heterocycles. The van der Waals surface area contributed by atoms with Gasteiger partial charge < -0.3 is 10.6 Å². The standard InChI is InChI=1S/C16H28N2/c1-3-18(4-2)14-13-16(17)12-8-11-15-9-6-5-7-10-15/h5-7,9-10,16H,3-4,8,11-14,17H2,1-2H3. The highest BCUT2D eigenvalue weighted by Crippen LogP contribution is 2.07. The van der Waals surface area contributed by atoms with Gasteiger partial charge >= 0.3 is 0 Å². The first-order valence-corrected chi connectivity index (χ1v) is 7.28. The molecule has 0 aliphatic rings. The molecule has 0 spiro atoms. The second-order valence-corrected chi connectivity index (χ2v) is 4.95. The van der Waals surface area contributed by atoms with Crippen molar-refractivity contribution >= 4 is 0 Å². The third-order valence-electron chi connectivity index (χ3n) is 3.59. The monoisotopic (exact) mass is 248 g/mol. The van der Waals surface area contributed by atoms with Crippen LogP contribution in [0.15, 0.2) is 30.3 Å². The molecule has 0 heterocycles. The van der Waals surface area contributed by atoms with Gasteiger partial charge in [-0.2, -0.15) is 0 Å². The molecule has 0 aliphatic carbocycles. The van der Waals surface area contributed by atoms with Crippen molar-refractivity contribution in [2.75, 3.05) is 19.6 Å². The van der Waals surface area contributed by atoms with Crippen LogP contribution < -0.4 is 5.73 Å². The lowest BCUT2D eigenvalue weighted by Gasteiger charge is -2.20. The van der Waals surface area contributed by atoms with Crippen LogP contribution in [0.1, 0.15) is 38.7 Å². The second-order valence-electron chi connectivity index (χ2n) is 4.95. The van der Waals surface area contributed by atoms with Crippen LogP contribution in [0.25, 0.3) is 0 Å². The molecular weight excluding hydrogens is 220 g/mol. The first-order chi connectivity index (χ1) is 8.76. The molecule has 2 heteroatoms. The summed E-state index contributed by atoms with van der Waals surface area (Å²) in [6, 6.07) is 11.0. The Morgan fingerprint density at radius 3 is 2.33 bits per heavy atom. The molecule has 0 amide bonds. The molecule has 0 saturated heterocycles. The van der Waals surface area contributed by atoms with E-state index in [0.29, 0.717) is 6.04 Å². The number of hydrogen-bond acceptors (Lipinski definition) is 2. The summed E-state index contributed by atoms with van der Waals surface area (Å²) in [5.41, 5.74) is 7.59. The molecule has 0 aliphatic heterocycles. The lowest BCUT2D eigenvalue weighted by Crippen LogP contribution is -2.30. The summed E-state index contributed by atoms with van der Waals surface area (Å²) in [4.78, 5) is 2.44. The van der Waals surface area contributed by atoms with Gasteiger partial charge in [-0.1, -0.05) is 44.2 Å². The SMILES string of the molecule is CCN(CC)CCC(N)CCCc1ccccc1. The average Bonchev–Trinajstić information content (AvgIpc) is 2.41. The molecular formula is C16H28N2. The Morgan fingerprint density at radius 2 is 1.72 bits per heavy atom. The topological polar surface area (TPSA) is 29.3 Å². The molecule has 1 atom stereocenters. The van der Waals surface area contributed by atoms with Crippen molar-refractivity contribution < 1.29 is 0 Å². The van der Waals surface area contributed by atoms with Crippen LogP contribution in [-0.4, -0.2) is 30.6 Å². The minimum atomic E-state index is 0.356. The molecule has 0 radical (unpaired) electrons. The Kier molecular flexibility index (Phi) is 7.70. The third kappa shape index (κ3) is 6.18. The molecule has 0 bridgehead atoms. The molecule has 2 nitrogen and oxygen atoms in total. The number of hydrogen-bond donors (Lipinski definition) is 1. The van der Waals surface area contributed by atoms with Crippen LogP contribution in [0.4, 0.5) is 0 Å². The van der Waals surface area contributed by atoms with E-state index in [1.54, 1.807) is 0 Å². The first kappa shape index (κ1) is 15.2. The molecule has 18 heavy (non-hydrogen) atoms. The Hall–Kier alpha value is -0.860. The van der Waals surface area contributed by atoms with Crippen molar-refractivity contribution in [3.8, 4) is 0 Å². The predicted molar refractivity (Wildman–Crippen MR) is 79.8 cm³/mol. The fraction of sp³-hybridized carbons (Fsp3) is 0.625. The lowest BCUT2D eigenvalue weighted by atomic mass is 10.0. The molecule has 1 rings (SSSR count). The Morgan fingerprint density at radius 1 is 1.06 bits per heavy atom. The van der Waals surface area contributed by atoms with Gasteiger partial charge in [0.15, 0.2) is 0 Å². The molecule has 2 N–H and O–H groups in total. The summed E-state index contributed by atoms with van der Waals surface area (Å²) in [5.74, 6) is 0. The van der Waals surface area contributed by atoms with Crippen LogP contribution >= 0.6 is 0 Å². The van der Waals surface area contributed by atoms with Crippen LogP contribution in [0.5, 0.6) is 0 Å². The number of aryl methyl sites for hydroxylation is 1. The van der Waals surface area contributed by atoms with Crippen molar-refractivity contribution in [3.63, 3.8) is 0 Å². The maximum atomic E-state index is 6.17. The Bertz CT molecular complexity index is 293. The van der Waals surface area contributed by atoms with Gasteiger partial charge in [-0.15, -0.1) is 0 Å². The maximum absolute atomic E-state index is 6.17. The van der Waals surface area contributed by atoms with Gasteiger partial charge in [-0.05, 0) is 50.9 Å². The normalized spacial score (nSPS) is 12.9. The van der Waals surface area contributed by atoms with Crippen LogP contribution in [-0.2, 0) is 6.42 Å². The van der Waals surface area contributed by atoms with E-state index in [1.807, 2.05) is 0 Å². The summed E-state index contributed by atoms with van der Waals surface area (Å²) < 4.78 is 0. The third-order valence-corrected chi connectivity index (χ3v) is 3.59. The summed E-state index contributed by atoms with van der Waals surface area (Å²) in [6.45, 7) is 7.83. The minimum absolute atomic E-state index is 0.356. The highest BCUT2D eigenvalue weighted by molar-refractivity contribution is 5.14. The van der Waals surface area contributed by atoms with Crippen molar-refractivity contribution in [3.05, 3.63) is 35.9 Å². The van der Waals surface area contributed by atoms with E-state index >= 15 is 0 Å². The fourth-order valence-electron chi connectivity index (χ4n) is 2.25. The quantitative estimate of drug-likeness (QED) is 0.728. The van der Waals surface area contributed by atoms with Gasteiger partial charge in [-0.3, -0.25) is 0 Å². The fourth-order valence-corrected chi connectivity index (χ4v) is 2.25. The van der Waals surface area contributed by atoms with Crippen molar-refractivity contribution in [1.82, 2.24) is 4.90 Å². The van der Waals surface area contributed by atoms with E-state index in [2.05, 4.69) is 49.1 Å². The molecule has 1 unspecified atom stereocenters. The van der Waals surface area contributed by atoms with Gasteiger partial charge in [0.2, 0.25) is 0 Å². The molecule has 1 aromatic carbocycles. The van der Waals surface area contributed by atoms with Gasteiger partial charge in [0.05, 0.1) is 0 Å². The van der Waals surface area contributed by atoms with E-state index < -0.39 is 0 Å². The molecule has 0 fully saturated rings. The van der Waals surface area contributed by atoms with E-state index in [1.165, 1.54) is 12.0 Å². The Balaban J connectivity index is 2.12. The maximum Gasteiger partial charge on any atom is 0.00511 e. The lowest BCUT2D eigenvalue weighted by molar-refractivity contribution is 0.287. The first-order valence-electron chi connectivity index (χ1n) is 7.28. The number of rotatable bonds is 9. The van der Waals surface area contributed by atoms with Gasteiger partial charge in [0, 0.05) is 6.04 Å². The van der Waals surface area contributed by atoms with Crippen LogP contribution in [0.2, 0.25) is 0 Å². The zero-order valence-corrected chi connectivity index (χ0v) is 11.9. The highest BCUT2D eigenvalue weighted by Gasteiger charge is 2.05. The summed E-state index contributed by atoms with van der Waals surface area (Å²) >= 11 is 0. The smallest absolute Gasteiger partial charge is 0.00511 e. The largest absolute Gasteiger partial charge is 0.328 e. The van der Waals surface area contributed by atoms with Crippen molar-refractivity contribution in [2.24, 2.45) is 5.73 Å². The van der Waals surface area contributed by atoms with Crippen molar-refractivity contribution in [2.45, 2.75) is 45.6 Å². The molecule has 1 aromatic rings. The second kappa shape index (κ2) is 9.12. The van der Waals surface area contributed by atoms with Gasteiger partial charge in [0.25, 0.3) is 0 Å². The van der Waals surface area contributed by atoms with Gasteiger partial charge in [-0.25, -0.2) is 0 Å². The van der Waals surface area contributed by atoms with E-state index in [-0.39, 0.29) is 0 Å². The molecule has 102 valence electrons. The number of nitrogens with zero attached hydrogens (tertiary/aromatic N) is 1. The Labute approximate surface area is 112 Å². The predicted octanol–water partition coefficient (Wildman–Crippen LogP) is 3.07. The van der Waals surface area contributed by atoms with E-state index in [0.717, 1.165) is 38.9 Å². The van der Waals surface area contributed by atoms with Crippen LogP contribution in [0, 0.1) is 0 Å². The van der Waals surface area contributed by atoms with E-state index in [9.17, 15) is 0 Å². The van der Waals surface area contributed by atoms with Crippen LogP contribution in [0.3, 0.4) is 0 Å². The zero-order valence-electron chi connectivity index (χ0n) is 11.9. The van der Waals surface area contributed by atoms with E-state index in [4.69, 9.17) is 5.73 Å². The number of benzene rings is 1. The highest BCUT2D eigenvalue weighted by atomic mass is 15.1. The summed E-state index contributed by atoms with van der Waals surface area (Å²) in [5, 5.41) is 0. The molecule has 0 saturated carbocycles. The average molecular weight is 248 g/mol. The zero-order chi connectivity index (χ0) is 13.2.